The van der Waals surface area contributed by atoms with Gasteiger partial charge in [0.05, 0.1) is 7.05 Å². The van der Waals surface area contributed by atoms with Crippen molar-refractivity contribution in [3.8, 4) is 10.6 Å². The number of rotatable bonds is 2. The highest BCUT2D eigenvalue weighted by Gasteiger charge is 2.05. The molecule has 4 N–H and O–H groups in total. The van der Waals surface area contributed by atoms with E-state index in [4.69, 9.17) is 10.9 Å². The molecular formula is C9H11N4OS+. The Labute approximate surface area is 90.7 Å². The molecule has 0 bridgehead atoms. The maximum absolute atomic E-state index is 7.39. The van der Waals surface area contributed by atoms with Gasteiger partial charge in [-0.1, -0.05) is 11.3 Å². The van der Waals surface area contributed by atoms with Gasteiger partial charge in [-0.15, -0.1) is 10.2 Å². The van der Waals surface area contributed by atoms with Crippen LogP contribution >= 0.6 is 11.3 Å². The average molecular weight is 223 g/mol. The highest BCUT2D eigenvalue weighted by Crippen LogP contribution is 2.26. The molecule has 0 saturated heterocycles. The summed E-state index contributed by atoms with van der Waals surface area (Å²) in [6, 6.07) is 7.53. The summed E-state index contributed by atoms with van der Waals surface area (Å²) in [5, 5.41) is 17.6. The molecule has 0 aliphatic carbocycles. The average Bonchev–Trinajstić information content (AvgIpc) is 2.65. The van der Waals surface area contributed by atoms with Crippen LogP contribution in [0.15, 0.2) is 24.3 Å². The number of anilines is 2. The summed E-state index contributed by atoms with van der Waals surface area (Å²) < 4.78 is 0. The van der Waals surface area contributed by atoms with E-state index < -0.39 is 0 Å². The van der Waals surface area contributed by atoms with Gasteiger partial charge in [0.15, 0.2) is 0 Å². The van der Waals surface area contributed by atoms with Gasteiger partial charge in [-0.3, -0.25) is 0 Å². The smallest absolute Gasteiger partial charge is 0.203 e. The first-order valence-electron chi connectivity index (χ1n) is 4.31. The Hall–Kier alpha value is -1.66. The Kier molecular flexibility index (Phi) is 2.53. The van der Waals surface area contributed by atoms with E-state index in [1.807, 2.05) is 24.3 Å². The minimum Gasteiger partial charge on any atom is -0.374 e. The molecule has 5 nitrogen and oxygen atoms in total. The fraction of sp³-hybridized carbons (Fsp3) is 0.111. The number of nitrogen functional groups attached to an aromatic ring is 1. The number of hydroxylamine groups is 1. The third-order valence-electron chi connectivity index (χ3n) is 1.94. The van der Waals surface area contributed by atoms with Crippen molar-refractivity contribution in [3.05, 3.63) is 24.3 Å². The van der Waals surface area contributed by atoms with Gasteiger partial charge >= 0.3 is 0 Å². The predicted octanol–water partition coefficient (Wildman–Crippen LogP) is 0.863. The summed E-state index contributed by atoms with van der Waals surface area (Å²) in [4.78, 5) is 0. The highest BCUT2D eigenvalue weighted by atomic mass is 32.1. The lowest BCUT2D eigenvalue weighted by Gasteiger charge is -2.05. The lowest BCUT2D eigenvalue weighted by molar-refractivity contribution is 0.279. The lowest BCUT2D eigenvalue weighted by Crippen LogP contribution is -2.09. The number of hydrogen-bond donors (Lipinski definition) is 1. The SMILES string of the molecule is CN([OH2+])c1ccc(-c2nnc(N)s2)cc1. The predicted molar refractivity (Wildman–Crippen MR) is 61.8 cm³/mol. The van der Waals surface area contributed by atoms with Gasteiger partial charge in [-0.2, -0.15) is 5.06 Å². The topological polar surface area (TPSA) is 77.9 Å². The lowest BCUT2D eigenvalue weighted by atomic mass is 10.2. The molecule has 15 heavy (non-hydrogen) atoms. The summed E-state index contributed by atoms with van der Waals surface area (Å²) in [7, 11) is 1.68. The van der Waals surface area contributed by atoms with Crippen molar-refractivity contribution >= 4 is 22.2 Å². The molecule has 0 atom stereocenters. The molecule has 2 aromatic rings. The van der Waals surface area contributed by atoms with E-state index in [1.165, 1.54) is 16.4 Å². The minimum absolute atomic E-state index is 0.465. The first kappa shape index (κ1) is 9.88. The Bertz CT molecular complexity index is 451. The first-order valence-corrected chi connectivity index (χ1v) is 5.13. The molecule has 0 fully saturated rings. The Morgan fingerprint density at radius 3 is 2.40 bits per heavy atom. The molecular weight excluding hydrogens is 212 g/mol. The van der Waals surface area contributed by atoms with Crippen LogP contribution < -0.4 is 10.8 Å². The number of benzene rings is 1. The van der Waals surface area contributed by atoms with Crippen LogP contribution in [0.1, 0.15) is 0 Å². The molecule has 78 valence electrons. The van der Waals surface area contributed by atoms with Crippen molar-refractivity contribution in [2.24, 2.45) is 0 Å². The summed E-state index contributed by atoms with van der Waals surface area (Å²) in [6.45, 7) is 0. The molecule has 0 saturated carbocycles. The fourth-order valence-electron chi connectivity index (χ4n) is 1.18. The molecule has 1 aromatic heterocycles. The van der Waals surface area contributed by atoms with Crippen LogP contribution in [0.25, 0.3) is 10.6 Å². The maximum Gasteiger partial charge on any atom is 0.203 e. The summed E-state index contributed by atoms with van der Waals surface area (Å²) in [6.07, 6.45) is 0. The van der Waals surface area contributed by atoms with Crippen LogP contribution in [0.4, 0.5) is 10.8 Å². The molecule has 0 amide bonds. The van der Waals surface area contributed by atoms with E-state index in [1.54, 1.807) is 7.05 Å². The van der Waals surface area contributed by atoms with E-state index in [9.17, 15) is 0 Å². The number of aromatic nitrogens is 2. The van der Waals surface area contributed by atoms with E-state index in [2.05, 4.69) is 10.2 Å². The third-order valence-corrected chi connectivity index (χ3v) is 2.74. The zero-order valence-corrected chi connectivity index (χ0v) is 8.95. The van der Waals surface area contributed by atoms with Gasteiger partial charge in [-0.05, 0) is 24.3 Å². The van der Waals surface area contributed by atoms with Gasteiger partial charge < -0.3 is 10.9 Å². The first-order chi connectivity index (χ1) is 7.16. The Balaban J connectivity index is 2.31. The molecule has 0 radical (unpaired) electrons. The van der Waals surface area contributed by atoms with Gasteiger partial charge in [-0.25, -0.2) is 0 Å². The minimum atomic E-state index is 0.465. The quantitative estimate of drug-likeness (QED) is 0.605. The molecule has 1 aromatic carbocycles. The number of nitrogens with zero attached hydrogens (tertiary/aromatic N) is 3. The van der Waals surface area contributed by atoms with Crippen LogP contribution in [0, 0.1) is 0 Å². The van der Waals surface area contributed by atoms with Gasteiger partial charge in [0.1, 0.15) is 10.7 Å². The van der Waals surface area contributed by atoms with E-state index in [0.29, 0.717) is 5.13 Å². The zero-order valence-electron chi connectivity index (χ0n) is 8.14. The highest BCUT2D eigenvalue weighted by molar-refractivity contribution is 7.18. The molecule has 1 heterocycles. The van der Waals surface area contributed by atoms with Crippen LogP contribution in [0.3, 0.4) is 0 Å². The van der Waals surface area contributed by atoms with Crippen molar-refractivity contribution < 1.29 is 5.21 Å². The maximum atomic E-state index is 7.39. The molecule has 6 heteroatoms. The molecule has 0 aliphatic rings. The van der Waals surface area contributed by atoms with Crippen LogP contribution in [-0.2, 0) is 0 Å². The van der Waals surface area contributed by atoms with Crippen molar-refractivity contribution in [3.63, 3.8) is 0 Å². The van der Waals surface area contributed by atoms with Crippen LogP contribution in [-0.4, -0.2) is 22.5 Å². The van der Waals surface area contributed by atoms with Gasteiger partial charge in [0.25, 0.3) is 0 Å². The molecule has 0 spiro atoms. The molecule has 0 unspecified atom stereocenters. The van der Waals surface area contributed by atoms with Crippen molar-refractivity contribution in [2.75, 3.05) is 17.8 Å². The van der Waals surface area contributed by atoms with Crippen molar-refractivity contribution in [1.82, 2.24) is 10.2 Å². The summed E-state index contributed by atoms with van der Waals surface area (Å²) >= 11 is 1.35. The van der Waals surface area contributed by atoms with E-state index in [-0.39, 0.29) is 0 Å². The molecule has 0 aliphatic heterocycles. The van der Waals surface area contributed by atoms with Gasteiger partial charge in [0, 0.05) is 5.56 Å². The monoisotopic (exact) mass is 223 g/mol. The summed E-state index contributed by atoms with van der Waals surface area (Å²) in [5.41, 5.74) is 7.30. The van der Waals surface area contributed by atoms with Crippen molar-refractivity contribution in [2.45, 2.75) is 0 Å². The van der Waals surface area contributed by atoms with Crippen molar-refractivity contribution in [1.29, 1.82) is 0 Å². The Morgan fingerprint density at radius 2 is 1.93 bits per heavy atom. The standard InChI is InChI=1S/C9H10N4OS/c1-13(14)7-4-2-6(3-5-7)8-11-12-9(10)15-8/h2-5,14H,1H3,(H2,10,12)/p+1. The number of hydrogen-bond acceptors (Lipinski definition) is 5. The zero-order chi connectivity index (χ0) is 10.8. The van der Waals surface area contributed by atoms with Crippen LogP contribution in [0.2, 0.25) is 0 Å². The third kappa shape index (κ3) is 2.05. The normalized spacial score (nSPS) is 10.3. The van der Waals surface area contributed by atoms with E-state index >= 15 is 0 Å². The number of nitrogens with two attached hydrogens (primary N) is 1. The van der Waals surface area contributed by atoms with Crippen LogP contribution in [0.5, 0.6) is 0 Å². The molecule has 2 rings (SSSR count). The largest absolute Gasteiger partial charge is 0.374 e. The Morgan fingerprint density at radius 1 is 1.27 bits per heavy atom. The second-order valence-electron chi connectivity index (χ2n) is 3.05. The van der Waals surface area contributed by atoms with E-state index in [0.717, 1.165) is 16.3 Å². The second kappa shape index (κ2) is 3.84. The summed E-state index contributed by atoms with van der Waals surface area (Å²) in [5.74, 6) is 0. The second-order valence-corrected chi connectivity index (χ2v) is 4.06. The van der Waals surface area contributed by atoms with Gasteiger partial charge in [0.2, 0.25) is 5.13 Å². The fourth-order valence-corrected chi connectivity index (χ4v) is 1.79.